The molecule has 1 aromatic heterocycles. The van der Waals surface area contributed by atoms with Crippen LogP contribution in [-0.4, -0.2) is 42.2 Å². The predicted octanol–water partition coefficient (Wildman–Crippen LogP) is -0.672. The van der Waals surface area contributed by atoms with Crippen molar-refractivity contribution < 1.29 is 19.4 Å². The van der Waals surface area contributed by atoms with E-state index in [0.717, 1.165) is 0 Å². The third kappa shape index (κ3) is 3.88. The maximum Gasteiger partial charge on any atom is 0.325 e. The van der Waals surface area contributed by atoms with Crippen LogP contribution in [0.2, 0.25) is 0 Å². The van der Waals surface area contributed by atoms with Gasteiger partial charge in [0, 0.05) is 12.4 Å². The summed E-state index contributed by atoms with van der Waals surface area (Å²) in [4.78, 5) is 26.5. The summed E-state index contributed by atoms with van der Waals surface area (Å²) in [5.74, 6) is 4.04. The molecule has 0 fully saturated rings. The van der Waals surface area contributed by atoms with Crippen molar-refractivity contribution in [2.24, 2.45) is 0 Å². The van der Waals surface area contributed by atoms with Crippen LogP contribution in [0.3, 0.4) is 0 Å². The molecular formula is C12H12N2O4. The van der Waals surface area contributed by atoms with E-state index in [1.54, 1.807) is 0 Å². The van der Waals surface area contributed by atoms with Crippen LogP contribution in [0.15, 0.2) is 18.5 Å². The fraction of sp³-hybridized carbons (Fsp3) is 0.250. The zero-order chi connectivity index (χ0) is 13.4. The molecule has 0 spiro atoms. The van der Waals surface area contributed by atoms with Gasteiger partial charge in [-0.05, 0) is 6.07 Å². The van der Waals surface area contributed by atoms with Gasteiger partial charge in [-0.1, -0.05) is 11.8 Å². The molecule has 0 aliphatic carbocycles. The van der Waals surface area contributed by atoms with Crippen LogP contribution < -0.4 is 5.32 Å². The Morgan fingerprint density at radius 1 is 1.56 bits per heavy atom. The van der Waals surface area contributed by atoms with Gasteiger partial charge >= 0.3 is 5.97 Å². The summed E-state index contributed by atoms with van der Waals surface area (Å²) in [5.41, 5.74) is 0.670. The molecule has 0 aliphatic rings. The first-order valence-electron chi connectivity index (χ1n) is 5.07. The Morgan fingerprint density at radius 3 is 3.00 bits per heavy atom. The van der Waals surface area contributed by atoms with Gasteiger partial charge in [-0.3, -0.25) is 14.6 Å². The zero-order valence-electron chi connectivity index (χ0n) is 9.77. The summed E-state index contributed by atoms with van der Waals surface area (Å²) in [6.45, 7) is -0.525. The fourth-order valence-electron chi connectivity index (χ4n) is 1.15. The topological polar surface area (TPSA) is 88.5 Å². The lowest BCUT2D eigenvalue weighted by Gasteiger charge is -2.05. The molecule has 0 bridgehead atoms. The number of rotatable bonds is 3. The van der Waals surface area contributed by atoms with Crippen molar-refractivity contribution in [3.8, 4) is 11.8 Å². The molecular weight excluding hydrogens is 236 g/mol. The average molecular weight is 248 g/mol. The molecule has 0 saturated carbocycles. The number of aromatic nitrogens is 1. The van der Waals surface area contributed by atoms with E-state index in [0.29, 0.717) is 5.56 Å². The lowest BCUT2D eigenvalue weighted by molar-refractivity contribution is -0.139. The highest BCUT2D eigenvalue weighted by Crippen LogP contribution is 2.04. The largest absolute Gasteiger partial charge is 0.468 e. The zero-order valence-corrected chi connectivity index (χ0v) is 9.77. The van der Waals surface area contributed by atoms with Crippen molar-refractivity contribution in [3.63, 3.8) is 0 Å². The van der Waals surface area contributed by atoms with Gasteiger partial charge in [-0.2, -0.15) is 0 Å². The summed E-state index contributed by atoms with van der Waals surface area (Å²) in [6, 6.07) is 1.48. The molecule has 1 rings (SSSR count). The van der Waals surface area contributed by atoms with Crippen LogP contribution in [0.4, 0.5) is 0 Å². The lowest BCUT2D eigenvalue weighted by atomic mass is 10.1. The fourth-order valence-corrected chi connectivity index (χ4v) is 1.15. The van der Waals surface area contributed by atoms with E-state index in [9.17, 15) is 9.59 Å². The van der Waals surface area contributed by atoms with Crippen LogP contribution in [0.25, 0.3) is 0 Å². The van der Waals surface area contributed by atoms with Crippen LogP contribution in [0, 0.1) is 11.8 Å². The minimum atomic E-state index is -0.541. The number of nitrogens with one attached hydrogen (secondary N) is 1. The normalized spacial score (nSPS) is 9.00. The molecule has 0 radical (unpaired) electrons. The molecule has 6 heteroatoms. The number of amides is 1. The van der Waals surface area contributed by atoms with Crippen LogP contribution in [0.5, 0.6) is 0 Å². The van der Waals surface area contributed by atoms with Crippen LogP contribution >= 0.6 is 0 Å². The maximum atomic E-state index is 11.8. The number of carbonyl (C=O) groups is 2. The van der Waals surface area contributed by atoms with E-state index in [2.05, 4.69) is 26.9 Å². The summed E-state index contributed by atoms with van der Waals surface area (Å²) in [6.07, 6.45) is 2.85. The molecule has 0 saturated heterocycles. The quantitative estimate of drug-likeness (QED) is 0.547. The van der Waals surface area contributed by atoms with Gasteiger partial charge in [0.15, 0.2) is 0 Å². The summed E-state index contributed by atoms with van der Waals surface area (Å²) in [5, 5.41) is 11.0. The number of aliphatic hydroxyl groups excluding tert-OH is 1. The number of esters is 1. The van der Waals surface area contributed by atoms with Gasteiger partial charge in [0.2, 0.25) is 0 Å². The molecule has 2 N–H and O–H groups in total. The molecule has 1 amide bonds. The van der Waals surface area contributed by atoms with Crippen LogP contribution in [0.1, 0.15) is 15.9 Å². The first-order chi connectivity index (χ1) is 8.69. The number of nitrogens with zero attached hydrogens (tertiary/aromatic N) is 1. The van der Waals surface area contributed by atoms with Gasteiger partial charge in [-0.15, -0.1) is 0 Å². The standard InChI is InChI=1S/C12H12N2O4/c1-18-11(16)8-14-12(17)10-4-5-13-7-9(10)3-2-6-15/h4-5,7,15H,6,8H2,1H3,(H,14,17). The molecule has 0 aromatic carbocycles. The summed E-state index contributed by atoms with van der Waals surface area (Å²) >= 11 is 0. The van der Waals surface area contributed by atoms with Crippen molar-refractivity contribution >= 4 is 11.9 Å². The van der Waals surface area contributed by atoms with E-state index in [1.807, 2.05) is 0 Å². The first kappa shape index (κ1) is 13.7. The van der Waals surface area contributed by atoms with Gasteiger partial charge in [0.1, 0.15) is 13.2 Å². The molecule has 0 unspecified atom stereocenters. The third-order valence-corrected chi connectivity index (χ3v) is 1.99. The van der Waals surface area contributed by atoms with E-state index >= 15 is 0 Å². The van der Waals surface area contributed by atoms with E-state index in [-0.39, 0.29) is 18.7 Å². The van der Waals surface area contributed by atoms with Crippen molar-refractivity contribution in [1.82, 2.24) is 10.3 Å². The molecule has 94 valence electrons. The molecule has 1 heterocycles. The highest BCUT2D eigenvalue weighted by atomic mass is 16.5. The Hall–Kier alpha value is -2.39. The minimum absolute atomic E-state index is 0.218. The second kappa shape index (κ2) is 7.04. The highest BCUT2D eigenvalue weighted by Gasteiger charge is 2.11. The van der Waals surface area contributed by atoms with E-state index in [1.165, 1.54) is 25.6 Å². The number of aliphatic hydroxyl groups is 1. The SMILES string of the molecule is COC(=O)CNC(=O)c1ccncc1C#CCO. The van der Waals surface area contributed by atoms with E-state index < -0.39 is 11.9 Å². The third-order valence-electron chi connectivity index (χ3n) is 1.99. The molecule has 6 nitrogen and oxygen atoms in total. The van der Waals surface area contributed by atoms with Gasteiger partial charge in [-0.25, -0.2) is 0 Å². The number of hydrogen-bond donors (Lipinski definition) is 2. The first-order valence-corrected chi connectivity index (χ1v) is 5.07. The van der Waals surface area contributed by atoms with Gasteiger partial charge in [0.05, 0.1) is 18.2 Å². The Morgan fingerprint density at radius 2 is 2.33 bits per heavy atom. The number of hydrogen-bond acceptors (Lipinski definition) is 5. The monoisotopic (exact) mass is 248 g/mol. The Kier molecular flexibility index (Phi) is 5.35. The lowest BCUT2D eigenvalue weighted by Crippen LogP contribution is -2.30. The minimum Gasteiger partial charge on any atom is -0.468 e. The molecule has 1 aromatic rings. The van der Waals surface area contributed by atoms with Crippen molar-refractivity contribution in [3.05, 3.63) is 29.6 Å². The molecule has 0 aliphatic heterocycles. The second-order valence-corrected chi connectivity index (χ2v) is 3.14. The highest BCUT2D eigenvalue weighted by molar-refractivity contribution is 5.98. The predicted molar refractivity (Wildman–Crippen MR) is 62.6 cm³/mol. The molecule has 18 heavy (non-hydrogen) atoms. The van der Waals surface area contributed by atoms with Gasteiger partial charge in [0.25, 0.3) is 5.91 Å². The maximum absolute atomic E-state index is 11.8. The van der Waals surface area contributed by atoms with Crippen molar-refractivity contribution in [2.45, 2.75) is 0 Å². The second-order valence-electron chi connectivity index (χ2n) is 3.14. The van der Waals surface area contributed by atoms with Crippen molar-refractivity contribution in [2.75, 3.05) is 20.3 Å². The number of ether oxygens (including phenoxy) is 1. The van der Waals surface area contributed by atoms with E-state index in [4.69, 9.17) is 5.11 Å². The summed E-state index contributed by atoms with van der Waals surface area (Å²) < 4.78 is 4.40. The number of pyridine rings is 1. The smallest absolute Gasteiger partial charge is 0.325 e. The Labute approximate surface area is 104 Å². The van der Waals surface area contributed by atoms with Crippen molar-refractivity contribution in [1.29, 1.82) is 0 Å². The average Bonchev–Trinajstić information content (AvgIpc) is 2.42. The van der Waals surface area contributed by atoms with Crippen LogP contribution in [-0.2, 0) is 9.53 Å². The molecule has 0 atom stereocenters. The number of methoxy groups -OCH3 is 1. The van der Waals surface area contributed by atoms with Gasteiger partial charge < -0.3 is 15.2 Å². The Bertz CT molecular complexity index is 502. The summed E-state index contributed by atoms with van der Waals surface area (Å²) in [7, 11) is 1.24. The number of carbonyl (C=O) groups excluding carboxylic acids is 2. The Balaban J connectivity index is 2.82.